The van der Waals surface area contributed by atoms with Crippen LogP contribution in [0.15, 0.2) is 36.4 Å². The average Bonchev–Trinajstić information content (AvgIpc) is 2.44. The first kappa shape index (κ1) is 13.8. The number of halogens is 2. The highest BCUT2D eigenvalue weighted by molar-refractivity contribution is 6.06. The third kappa shape index (κ3) is 2.69. The largest absolute Gasteiger partial charge is 0.497 e. The second kappa shape index (κ2) is 5.56. The van der Waals surface area contributed by atoms with Crippen LogP contribution in [0.1, 0.15) is 10.4 Å². The molecule has 3 N–H and O–H groups in total. The number of nitrogens with one attached hydrogen (secondary N) is 1. The molecule has 0 saturated heterocycles. The van der Waals surface area contributed by atoms with Gasteiger partial charge >= 0.3 is 0 Å². The number of rotatable bonds is 3. The van der Waals surface area contributed by atoms with Crippen LogP contribution in [0.5, 0.6) is 5.75 Å². The van der Waals surface area contributed by atoms with Crippen molar-refractivity contribution in [1.82, 2.24) is 0 Å². The molecule has 0 spiro atoms. The maximum atomic E-state index is 13.5. The van der Waals surface area contributed by atoms with Crippen molar-refractivity contribution in [2.24, 2.45) is 0 Å². The highest BCUT2D eigenvalue weighted by Crippen LogP contribution is 2.25. The van der Waals surface area contributed by atoms with E-state index in [2.05, 4.69) is 5.32 Å². The number of ether oxygens (including phenoxy) is 1. The molecular formula is C14H12F2N2O2. The number of methoxy groups -OCH3 is 1. The summed E-state index contributed by atoms with van der Waals surface area (Å²) in [6, 6.07) is 8.00. The molecule has 1 amide bonds. The fourth-order valence-electron chi connectivity index (χ4n) is 1.65. The Bertz CT molecular complexity index is 660. The van der Waals surface area contributed by atoms with Crippen LogP contribution >= 0.6 is 0 Å². The van der Waals surface area contributed by atoms with E-state index in [0.717, 1.165) is 6.07 Å². The molecule has 0 aromatic heterocycles. The summed E-state index contributed by atoms with van der Waals surface area (Å²) in [5.41, 5.74) is 5.89. The molecular weight excluding hydrogens is 266 g/mol. The molecule has 104 valence electrons. The van der Waals surface area contributed by atoms with E-state index >= 15 is 0 Å². The molecule has 2 rings (SSSR count). The third-order valence-electron chi connectivity index (χ3n) is 2.70. The molecule has 0 fully saturated rings. The predicted molar refractivity (Wildman–Crippen MR) is 71.7 cm³/mol. The molecule has 6 heteroatoms. The first-order valence-corrected chi connectivity index (χ1v) is 5.72. The number of amides is 1. The van der Waals surface area contributed by atoms with Crippen LogP contribution in [0, 0.1) is 11.6 Å². The minimum atomic E-state index is -1.20. The SMILES string of the molecule is COc1ccc(NC(=O)c2cccc(F)c2F)c(N)c1. The predicted octanol–water partition coefficient (Wildman–Crippen LogP) is 2.81. The lowest BCUT2D eigenvalue weighted by molar-refractivity contribution is 0.102. The van der Waals surface area contributed by atoms with Crippen molar-refractivity contribution in [2.45, 2.75) is 0 Å². The molecule has 0 radical (unpaired) electrons. The smallest absolute Gasteiger partial charge is 0.258 e. The Kier molecular flexibility index (Phi) is 3.84. The van der Waals surface area contributed by atoms with Crippen LogP contribution < -0.4 is 15.8 Å². The van der Waals surface area contributed by atoms with Crippen LogP contribution in [-0.4, -0.2) is 13.0 Å². The molecule has 0 aliphatic rings. The van der Waals surface area contributed by atoms with Crippen molar-refractivity contribution in [2.75, 3.05) is 18.2 Å². The van der Waals surface area contributed by atoms with Crippen LogP contribution in [-0.2, 0) is 0 Å². The first-order valence-electron chi connectivity index (χ1n) is 5.72. The van der Waals surface area contributed by atoms with Crippen LogP contribution in [0.25, 0.3) is 0 Å². The van der Waals surface area contributed by atoms with Crippen LogP contribution in [0.4, 0.5) is 20.2 Å². The van der Waals surface area contributed by atoms with Crippen LogP contribution in [0.2, 0.25) is 0 Å². The van der Waals surface area contributed by atoms with Gasteiger partial charge in [-0.3, -0.25) is 4.79 Å². The van der Waals surface area contributed by atoms with Gasteiger partial charge in [-0.25, -0.2) is 8.78 Å². The standard InChI is InChI=1S/C14H12F2N2O2/c1-20-8-5-6-12(11(17)7-8)18-14(19)9-3-2-4-10(15)13(9)16/h2-7H,17H2,1H3,(H,18,19). The topological polar surface area (TPSA) is 64.3 Å². The maximum absolute atomic E-state index is 13.5. The minimum absolute atomic E-state index is 0.259. The van der Waals surface area contributed by atoms with Gasteiger partial charge in [0.05, 0.1) is 24.0 Å². The average molecular weight is 278 g/mol. The summed E-state index contributed by atoms with van der Waals surface area (Å²) < 4.78 is 31.5. The second-order valence-electron chi connectivity index (χ2n) is 4.01. The van der Waals surface area contributed by atoms with Crippen molar-refractivity contribution in [3.05, 3.63) is 53.6 Å². The molecule has 20 heavy (non-hydrogen) atoms. The first-order chi connectivity index (χ1) is 9.52. The lowest BCUT2D eigenvalue weighted by atomic mass is 10.1. The molecule has 2 aromatic carbocycles. The number of carbonyl (C=O) groups is 1. The Labute approximate surface area is 114 Å². The number of hydrogen-bond donors (Lipinski definition) is 2. The summed E-state index contributed by atoms with van der Waals surface area (Å²) in [5, 5.41) is 2.42. The van der Waals surface area contributed by atoms with Gasteiger partial charge in [0.2, 0.25) is 0 Å². The van der Waals surface area contributed by atoms with Gasteiger partial charge in [0.1, 0.15) is 5.75 Å². The Hall–Kier alpha value is -2.63. The van der Waals surface area contributed by atoms with Gasteiger partial charge in [-0.05, 0) is 24.3 Å². The van der Waals surface area contributed by atoms with E-state index in [4.69, 9.17) is 10.5 Å². The van der Waals surface area contributed by atoms with E-state index in [-0.39, 0.29) is 11.3 Å². The zero-order chi connectivity index (χ0) is 14.7. The minimum Gasteiger partial charge on any atom is -0.497 e. The molecule has 0 aliphatic carbocycles. The molecule has 2 aromatic rings. The summed E-state index contributed by atoms with van der Waals surface area (Å²) in [7, 11) is 1.48. The summed E-state index contributed by atoms with van der Waals surface area (Å²) in [6.07, 6.45) is 0. The van der Waals surface area contributed by atoms with Gasteiger partial charge in [0.25, 0.3) is 5.91 Å². The number of anilines is 2. The van der Waals surface area contributed by atoms with Crippen molar-refractivity contribution in [1.29, 1.82) is 0 Å². The van der Waals surface area contributed by atoms with Crippen molar-refractivity contribution in [3.8, 4) is 5.75 Å². The van der Waals surface area contributed by atoms with E-state index in [1.54, 1.807) is 6.07 Å². The van der Waals surface area contributed by atoms with Gasteiger partial charge in [0, 0.05) is 6.07 Å². The van der Waals surface area contributed by atoms with E-state index in [0.29, 0.717) is 11.4 Å². The van der Waals surface area contributed by atoms with E-state index < -0.39 is 17.5 Å². The van der Waals surface area contributed by atoms with E-state index in [1.807, 2.05) is 0 Å². The highest BCUT2D eigenvalue weighted by Gasteiger charge is 2.16. The Morgan fingerprint density at radius 3 is 2.65 bits per heavy atom. The highest BCUT2D eigenvalue weighted by atomic mass is 19.2. The normalized spacial score (nSPS) is 10.2. The number of benzene rings is 2. The number of nitrogens with two attached hydrogens (primary N) is 1. The van der Waals surface area contributed by atoms with Gasteiger partial charge in [-0.2, -0.15) is 0 Å². The molecule has 0 unspecified atom stereocenters. The van der Waals surface area contributed by atoms with E-state index in [1.165, 1.54) is 31.4 Å². The lowest BCUT2D eigenvalue weighted by Gasteiger charge is -2.10. The Morgan fingerprint density at radius 2 is 2.00 bits per heavy atom. The number of nitrogen functional groups attached to an aromatic ring is 1. The lowest BCUT2D eigenvalue weighted by Crippen LogP contribution is -2.15. The number of carbonyl (C=O) groups excluding carboxylic acids is 1. The maximum Gasteiger partial charge on any atom is 0.258 e. The number of hydrogen-bond acceptors (Lipinski definition) is 3. The van der Waals surface area contributed by atoms with Gasteiger partial charge in [0.15, 0.2) is 11.6 Å². The Morgan fingerprint density at radius 1 is 1.25 bits per heavy atom. The van der Waals surface area contributed by atoms with Crippen molar-refractivity contribution in [3.63, 3.8) is 0 Å². The summed E-state index contributed by atoms with van der Waals surface area (Å²) in [5.74, 6) is -2.53. The zero-order valence-corrected chi connectivity index (χ0v) is 10.6. The molecule has 0 atom stereocenters. The van der Waals surface area contributed by atoms with Crippen molar-refractivity contribution < 1.29 is 18.3 Å². The monoisotopic (exact) mass is 278 g/mol. The molecule has 0 aliphatic heterocycles. The summed E-state index contributed by atoms with van der Waals surface area (Å²) in [4.78, 5) is 11.9. The van der Waals surface area contributed by atoms with Crippen molar-refractivity contribution >= 4 is 17.3 Å². The van der Waals surface area contributed by atoms with Gasteiger partial charge in [-0.15, -0.1) is 0 Å². The van der Waals surface area contributed by atoms with Gasteiger partial charge < -0.3 is 15.8 Å². The summed E-state index contributed by atoms with van der Waals surface area (Å²) in [6.45, 7) is 0. The third-order valence-corrected chi connectivity index (χ3v) is 2.70. The zero-order valence-electron chi connectivity index (χ0n) is 10.6. The van der Waals surface area contributed by atoms with E-state index in [9.17, 15) is 13.6 Å². The van der Waals surface area contributed by atoms with Gasteiger partial charge in [-0.1, -0.05) is 6.07 Å². The molecule has 4 nitrogen and oxygen atoms in total. The van der Waals surface area contributed by atoms with Crippen LogP contribution in [0.3, 0.4) is 0 Å². The fraction of sp³-hybridized carbons (Fsp3) is 0.0714. The Balaban J connectivity index is 2.26. The molecule has 0 bridgehead atoms. The summed E-state index contributed by atoms with van der Waals surface area (Å²) >= 11 is 0. The molecule has 0 saturated carbocycles. The quantitative estimate of drug-likeness (QED) is 0.848. The fourth-order valence-corrected chi connectivity index (χ4v) is 1.65. The molecule has 0 heterocycles. The second-order valence-corrected chi connectivity index (χ2v) is 4.01.